The van der Waals surface area contributed by atoms with Crippen LogP contribution in [-0.4, -0.2) is 29.7 Å². The molecule has 3 heteroatoms. The summed E-state index contributed by atoms with van der Waals surface area (Å²) in [4.78, 5) is 2.35. The second-order valence-corrected chi connectivity index (χ2v) is 7.89. The summed E-state index contributed by atoms with van der Waals surface area (Å²) in [5, 5.41) is 10.3. The molecule has 0 amide bonds. The Labute approximate surface area is 137 Å². The molecule has 1 fully saturated rings. The molecule has 118 valence electrons. The lowest BCUT2D eigenvalue weighted by molar-refractivity contribution is 0.0214. The summed E-state index contributed by atoms with van der Waals surface area (Å²) >= 11 is 3.53. The van der Waals surface area contributed by atoms with Gasteiger partial charge in [0.2, 0.25) is 0 Å². The van der Waals surface area contributed by atoms with E-state index in [4.69, 9.17) is 0 Å². The van der Waals surface area contributed by atoms with Crippen LogP contribution in [0.5, 0.6) is 0 Å². The molecular weight excluding hydrogens is 326 g/mol. The maximum atomic E-state index is 10.3. The zero-order valence-corrected chi connectivity index (χ0v) is 15.0. The number of aliphatic hydroxyl groups is 1. The maximum absolute atomic E-state index is 10.3. The number of benzene rings is 1. The monoisotopic (exact) mass is 353 g/mol. The second kappa shape index (κ2) is 7.75. The number of halogens is 1. The van der Waals surface area contributed by atoms with Gasteiger partial charge in [0.1, 0.15) is 0 Å². The van der Waals surface area contributed by atoms with E-state index in [1.807, 2.05) is 0 Å². The first-order valence-corrected chi connectivity index (χ1v) is 8.86. The van der Waals surface area contributed by atoms with Gasteiger partial charge in [-0.25, -0.2) is 0 Å². The molecule has 1 aliphatic carbocycles. The quantitative estimate of drug-likeness (QED) is 0.852. The molecule has 21 heavy (non-hydrogen) atoms. The molecule has 0 spiro atoms. The molecule has 0 aromatic heterocycles. The average Bonchev–Trinajstić information content (AvgIpc) is 2.41. The lowest BCUT2D eigenvalue weighted by Gasteiger charge is -2.37. The van der Waals surface area contributed by atoms with Gasteiger partial charge in [0.25, 0.3) is 0 Å². The molecule has 2 rings (SSSR count). The van der Waals surface area contributed by atoms with Crippen LogP contribution < -0.4 is 0 Å². The molecule has 3 unspecified atom stereocenters. The van der Waals surface area contributed by atoms with E-state index in [0.717, 1.165) is 35.8 Å². The molecule has 0 aliphatic heterocycles. The molecule has 0 saturated heterocycles. The van der Waals surface area contributed by atoms with E-state index >= 15 is 0 Å². The Balaban J connectivity index is 1.90. The highest BCUT2D eigenvalue weighted by atomic mass is 79.9. The van der Waals surface area contributed by atoms with E-state index < -0.39 is 0 Å². The zero-order chi connectivity index (χ0) is 15.4. The van der Waals surface area contributed by atoms with Gasteiger partial charge in [-0.2, -0.15) is 0 Å². The van der Waals surface area contributed by atoms with E-state index in [2.05, 4.69) is 66.0 Å². The molecule has 1 aliphatic rings. The van der Waals surface area contributed by atoms with Gasteiger partial charge in [-0.1, -0.05) is 41.9 Å². The van der Waals surface area contributed by atoms with Crippen LogP contribution in [0.15, 0.2) is 28.7 Å². The van der Waals surface area contributed by atoms with Crippen molar-refractivity contribution in [3.8, 4) is 0 Å². The molecule has 0 heterocycles. The summed E-state index contributed by atoms with van der Waals surface area (Å²) in [5.41, 5.74) is 1.32. The van der Waals surface area contributed by atoms with Crippen molar-refractivity contribution in [3.05, 3.63) is 34.3 Å². The number of nitrogens with zero attached hydrogens (tertiary/aromatic N) is 1. The molecule has 1 aromatic rings. The van der Waals surface area contributed by atoms with Crippen LogP contribution in [0.2, 0.25) is 0 Å². The van der Waals surface area contributed by atoms with Crippen LogP contribution >= 0.6 is 15.9 Å². The predicted molar refractivity (Wildman–Crippen MR) is 92.2 cm³/mol. The fourth-order valence-electron chi connectivity index (χ4n) is 3.50. The summed E-state index contributed by atoms with van der Waals surface area (Å²) in [7, 11) is 2.16. The minimum atomic E-state index is -0.120. The highest BCUT2D eigenvalue weighted by Gasteiger charge is 2.31. The molecule has 1 aromatic carbocycles. The molecule has 1 N–H and O–H groups in total. The summed E-state index contributed by atoms with van der Waals surface area (Å²) in [6, 6.07) is 8.47. The first kappa shape index (κ1) is 17.0. The third-order valence-corrected chi connectivity index (χ3v) is 5.31. The van der Waals surface area contributed by atoms with E-state index in [1.165, 1.54) is 18.4 Å². The Morgan fingerprint density at radius 3 is 2.76 bits per heavy atom. The number of rotatable bonds is 5. The summed E-state index contributed by atoms with van der Waals surface area (Å²) in [6.07, 6.45) is 3.20. The van der Waals surface area contributed by atoms with Crippen molar-refractivity contribution < 1.29 is 5.11 Å². The van der Waals surface area contributed by atoms with Gasteiger partial charge in [-0.05, 0) is 61.8 Å². The number of hydrogen-bond acceptors (Lipinski definition) is 2. The van der Waals surface area contributed by atoms with E-state index in [1.54, 1.807) is 0 Å². The lowest BCUT2D eigenvalue weighted by atomic mass is 9.74. The zero-order valence-electron chi connectivity index (χ0n) is 13.4. The standard InChI is InChI=1S/C18H28BrNO/c1-13(2)15-7-8-18(21)16(10-15)12-20(3)11-14-5-4-6-17(19)9-14/h4-6,9,13,15-16,18,21H,7-8,10-12H2,1-3H3. The van der Waals surface area contributed by atoms with Crippen LogP contribution in [0.25, 0.3) is 0 Å². The first-order valence-electron chi connectivity index (χ1n) is 8.06. The van der Waals surface area contributed by atoms with Gasteiger partial charge in [-0.15, -0.1) is 0 Å². The third-order valence-electron chi connectivity index (χ3n) is 4.81. The molecule has 3 atom stereocenters. The molecular formula is C18H28BrNO. The molecule has 2 nitrogen and oxygen atoms in total. The average molecular weight is 354 g/mol. The molecule has 1 saturated carbocycles. The number of hydrogen-bond donors (Lipinski definition) is 1. The van der Waals surface area contributed by atoms with Crippen molar-refractivity contribution in [2.24, 2.45) is 17.8 Å². The smallest absolute Gasteiger partial charge is 0.0580 e. The van der Waals surface area contributed by atoms with Crippen molar-refractivity contribution in [1.29, 1.82) is 0 Å². The predicted octanol–water partition coefficient (Wildman–Crippen LogP) is 4.31. The largest absolute Gasteiger partial charge is 0.393 e. The fraction of sp³-hybridized carbons (Fsp3) is 0.667. The van der Waals surface area contributed by atoms with Gasteiger partial charge in [-0.3, -0.25) is 0 Å². The van der Waals surface area contributed by atoms with E-state index in [0.29, 0.717) is 5.92 Å². The van der Waals surface area contributed by atoms with Gasteiger partial charge in [0, 0.05) is 17.6 Å². The van der Waals surface area contributed by atoms with Gasteiger partial charge in [0.15, 0.2) is 0 Å². The van der Waals surface area contributed by atoms with Crippen molar-refractivity contribution >= 4 is 15.9 Å². The Morgan fingerprint density at radius 2 is 2.10 bits per heavy atom. The van der Waals surface area contributed by atoms with E-state index in [-0.39, 0.29) is 6.10 Å². The SMILES string of the molecule is CC(C)C1CCC(O)C(CN(C)Cc2cccc(Br)c2)C1. The summed E-state index contributed by atoms with van der Waals surface area (Å²) in [6.45, 7) is 6.54. The Kier molecular flexibility index (Phi) is 6.27. The van der Waals surface area contributed by atoms with Crippen LogP contribution in [0, 0.1) is 17.8 Å². The van der Waals surface area contributed by atoms with Crippen molar-refractivity contribution in [2.45, 2.75) is 45.8 Å². The lowest BCUT2D eigenvalue weighted by Crippen LogP contribution is -2.38. The number of aliphatic hydroxyl groups excluding tert-OH is 1. The minimum Gasteiger partial charge on any atom is -0.393 e. The van der Waals surface area contributed by atoms with Crippen LogP contribution in [-0.2, 0) is 6.54 Å². The van der Waals surface area contributed by atoms with Crippen molar-refractivity contribution in [2.75, 3.05) is 13.6 Å². The molecule has 0 bridgehead atoms. The van der Waals surface area contributed by atoms with Gasteiger partial charge in [0.05, 0.1) is 6.10 Å². The Bertz CT molecular complexity index is 449. The Morgan fingerprint density at radius 1 is 1.33 bits per heavy atom. The first-order chi connectivity index (χ1) is 9.95. The van der Waals surface area contributed by atoms with Crippen LogP contribution in [0.3, 0.4) is 0 Å². The fourth-order valence-corrected chi connectivity index (χ4v) is 3.94. The summed E-state index contributed by atoms with van der Waals surface area (Å²) < 4.78 is 1.13. The summed E-state index contributed by atoms with van der Waals surface area (Å²) in [5.74, 6) is 1.93. The van der Waals surface area contributed by atoms with Crippen molar-refractivity contribution in [1.82, 2.24) is 4.90 Å². The highest BCUT2D eigenvalue weighted by Crippen LogP contribution is 2.34. The normalized spacial score (nSPS) is 26.5. The van der Waals surface area contributed by atoms with Crippen LogP contribution in [0.1, 0.15) is 38.7 Å². The highest BCUT2D eigenvalue weighted by molar-refractivity contribution is 9.10. The minimum absolute atomic E-state index is 0.120. The van der Waals surface area contributed by atoms with Crippen molar-refractivity contribution in [3.63, 3.8) is 0 Å². The van der Waals surface area contributed by atoms with Gasteiger partial charge < -0.3 is 10.0 Å². The molecule has 0 radical (unpaired) electrons. The maximum Gasteiger partial charge on any atom is 0.0580 e. The topological polar surface area (TPSA) is 23.5 Å². The Hall–Kier alpha value is -0.380. The van der Waals surface area contributed by atoms with E-state index in [9.17, 15) is 5.11 Å². The van der Waals surface area contributed by atoms with Gasteiger partial charge >= 0.3 is 0 Å². The second-order valence-electron chi connectivity index (χ2n) is 6.97. The van der Waals surface area contributed by atoms with Crippen LogP contribution in [0.4, 0.5) is 0 Å². The third kappa shape index (κ3) is 5.08.